The van der Waals surface area contributed by atoms with Gasteiger partial charge in [0.25, 0.3) is 10.2 Å². The maximum absolute atomic E-state index is 11.9. The summed E-state index contributed by atoms with van der Waals surface area (Å²) in [5.74, 6) is 0. The van der Waals surface area contributed by atoms with Crippen LogP contribution in [-0.2, 0) is 10.2 Å². The van der Waals surface area contributed by atoms with Crippen molar-refractivity contribution in [1.29, 1.82) is 0 Å². The minimum atomic E-state index is -3.32. The lowest BCUT2D eigenvalue weighted by atomic mass is 10.0. The molecule has 0 aromatic rings. The molecule has 1 atom stereocenters. The highest BCUT2D eigenvalue weighted by atomic mass is 32.2. The first-order valence-corrected chi connectivity index (χ1v) is 6.70. The number of nitrogens with zero attached hydrogens (tertiary/aromatic N) is 2. The average Bonchev–Trinajstić information content (AvgIpc) is 2.18. The van der Waals surface area contributed by atoms with Crippen molar-refractivity contribution in [2.24, 2.45) is 0 Å². The normalized spacial score (nSPS) is 24.7. The van der Waals surface area contributed by atoms with E-state index in [2.05, 4.69) is 0 Å². The monoisotopic (exact) mass is 236 g/mol. The lowest BCUT2D eigenvalue weighted by Crippen LogP contribution is -2.48. The van der Waals surface area contributed by atoms with Gasteiger partial charge in [0.15, 0.2) is 0 Å². The van der Waals surface area contributed by atoms with Gasteiger partial charge in [0, 0.05) is 33.3 Å². The van der Waals surface area contributed by atoms with Gasteiger partial charge in [0.05, 0.1) is 0 Å². The van der Waals surface area contributed by atoms with Crippen molar-refractivity contribution >= 4 is 10.2 Å². The van der Waals surface area contributed by atoms with Gasteiger partial charge in [-0.15, -0.1) is 0 Å². The van der Waals surface area contributed by atoms with E-state index in [4.69, 9.17) is 5.11 Å². The lowest BCUT2D eigenvalue weighted by Gasteiger charge is -2.35. The Kier molecular flexibility index (Phi) is 4.51. The van der Waals surface area contributed by atoms with Crippen LogP contribution >= 0.6 is 0 Å². The first-order chi connectivity index (χ1) is 7.00. The smallest absolute Gasteiger partial charge is 0.281 e. The molecule has 90 valence electrons. The van der Waals surface area contributed by atoms with Crippen molar-refractivity contribution in [2.75, 3.05) is 27.2 Å². The Balaban J connectivity index is 2.80. The summed E-state index contributed by atoms with van der Waals surface area (Å²) in [6.45, 7) is 0.620. The van der Waals surface area contributed by atoms with Crippen LogP contribution in [0.4, 0.5) is 0 Å². The van der Waals surface area contributed by atoms with Crippen LogP contribution in [0.1, 0.15) is 25.7 Å². The molecule has 0 aliphatic carbocycles. The average molecular weight is 236 g/mol. The van der Waals surface area contributed by atoms with Gasteiger partial charge in [0.2, 0.25) is 0 Å². The summed E-state index contributed by atoms with van der Waals surface area (Å²) in [5.41, 5.74) is 0. The van der Waals surface area contributed by atoms with E-state index in [0.717, 1.165) is 19.3 Å². The SMILES string of the molecule is CN(C)S(=O)(=O)N1CCCCC1CCO. The molecule has 1 N–H and O–H groups in total. The molecule has 15 heavy (non-hydrogen) atoms. The molecular formula is C9H20N2O3S. The number of piperidine rings is 1. The van der Waals surface area contributed by atoms with E-state index in [1.165, 1.54) is 8.61 Å². The van der Waals surface area contributed by atoms with Gasteiger partial charge in [-0.1, -0.05) is 6.42 Å². The highest BCUT2D eigenvalue weighted by Crippen LogP contribution is 2.23. The number of hydrogen-bond acceptors (Lipinski definition) is 3. The minimum Gasteiger partial charge on any atom is -0.396 e. The molecule has 0 aromatic heterocycles. The molecular weight excluding hydrogens is 216 g/mol. The Bertz CT molecular complexity index is 288. The third-order valence-electron chi connectivity index (χ3n) is 2.79. The van der Waals surface area contributed by atoms with Gasteiger partial charge >= 0.3 is 0 Å². The van der Waals surface area contributed by atoms with Crippen LogP contribution in [0.25, 0.3) is 0 Å². The quantitative estimate of drug-likeness (QED) is 0.749. The van der Waals surface area contributed by atoms with Crippen LogP contribution in [0.3, 0.4) is 0 Å². The maximum Gasteiger partial charge on any atom is 0.281 e. The lowest BCUT2D eigenvalue weighted by molar-refractivity contribution is 0.186. The van der Waals surface area contributed by atoms with Crippen LogP contribution in [0, 0.1) is 0 Å². The Hall–Kier alpha value is -0.170. The summed E-state index contributed by atoms with van der Waals surface area (Å²) in [6.07, 6.45) is 3.35. The van der Waals surface area contributed by atoms with Gasteiger partial charge in [-0.3, -0.25) is 0 Å². The Morgan fingerprint density at radius 1 is 1.40 bits per heavy atom. The summed E-state index contributed by atoms with van der Waals surface area (Å²) in [7, 11) is -0.233. The molecule has 1 rings (SSSR count). The molecule has 0 saturated carbocycles. The summed E-state index contributed by atoms with van der Waals surface area (Å²) < 4.78 is 26.6. The summed E-state index contributed by atoms with van der Waals surface area (Å²) in [5, 5.41) is 8.91. The van der Waals surface area contributed by atoms with Crippen molar-refractivity contribution in [3.8, 4) is 0 Å². The number of hydrogen-bond donors (Lipinski definition) is 1. The van der Waals surface area contributed by atoms with E-state index >= 15 is 0 Å². The molecule has 6 heteroatoms. The van der Waals surface area contributed by atoms with E-state index in [9.17, 15) is 8.42 Å². The van der Waals surface area contributed by atoms with Crippen molar-refractivity contribution in [3.05, 3.63) is 0 Å². The molecule has 0 radical (unpaired) electrons. The standard InChI is InChI=1S/C9H20N2O3S/c1-10(2)15(13,14)11-7-4-3-5-9(11)6-8-12/h9,12H,3-8H2,1-2H3. The topological polar surface area (TPSA) is 60.9 Å². The van der Waals surface area contributed by atoms with Crippen molar-refractivity contribution in [1.82, 2.24) is 8.61 Å². The first-order valence-electron chi connectivity index (χ1n) is 5.30. The van der Waals surface area contributed by atoms with Crippen molar-refractivity contribution in [2.45, 2.75) is 31.7 Å². The molecule has 0 spiro atoms. The van der Waals surface area contributed by atoms with Crippen LogP contribution in [0.2, 0.25) is 0 Å². The van der Waals surface area contributed by atoms with Gasteiger partial charge in [0.1, 0.15) is 0 Å². The fourth-order valence-electron chi connectivity index (χ4n) is 1.93. The largest absolute Gasteiger partial charge is 0.396 e. The molecule has 1 aliphatic rings. The third-order valence-corrected chi connectivity index (χ3v) is 4.79. The predicted molar refractivity (Wildman–Crippen MR) is 58.7 cm³/mol. The Morgan fingerprint density at radius 2 is 2.07 bits per heavy atom. The van der Waals surface area contributed by atoms with Crippen molar-refractivity contribution < 1.29 is 13.5 Å². The molecule has 5 nitrogen and oxygen atoms in total. The first kappa shape index (κ1) is 12.9. The molecule has 0 bridgehead atoms. The summed E-state index contributed by atoms with van der Waals surface area (Å²) in [4.78, 5) is 0. The van der Waals surface area contributed by atoms with Gasteiger partial charge in [-0.2, -0.15) is 17.0 Å². The second-order valence-corrected chi connectivity index (χ2v) is 6.16. The van der Waals surface area contributed by atoms with E-state index in [1.54, 1.807) is 14.1 Å². The molecule has 0 amide bonds. The zero-order valence-corrected chi connectivity index (χ0v) is 10.2. The second kappa shape index (κ2) is 5.25. The van der Waals surface area contributed by atoms with E-state index < -0.39 is 10.2 Å². The van der Waals surface area contributed by atoms with Crippen LogP contribution in [-0.4, -0.2) is 55.4 Å². The second-order valence-electron chi connectivity index (χ2n) is 4.06. The fourth-order valence-corrected chi connectivity index (χ4v) is 3.29. The molecule has 0 aromatic carbocycles. The zero-order valence-electron chi connectivity index (χ0n) is 9.39. The molecule has 1 unspecified atom stereocenters. The number of aliphatic hydroxyl groups excluding tert-OH is 1. The predicted octanol–water partition coefficient (Wildman–Crippen LogP) is 0.0297. The number of rotatable bonds is 4. The molecule has 1 fully saturated rings. The van der Waals surface area contributed by atoms with Gasteiger partial charge in [-0.05, 0) is 19.3 Å². The fraction of sp³-hybridized carbons (Fsp3) is 1.00. The summed E-state index contributed by atoms with van der Waals surface area (Å²) >= 11 is 0. The number of aliphatic hydroxyl groups is 1. The third kappa shape index (κ3) is 2.90. The van der Waals surface area contributed by atoms with E-state index in [-0.39, 0.29) is 12.6 Å². The Morgan fingerprint density at radius 3 is 2.60 bits per heavy atom. The maximum atomic E-state index is 11.9. The van der Waals surface area contributed by atoms with Crippen LogP contribution in [0.5, 0.6) is 0 Å². The van der Waals surface area contributed by atoms with Crippen LogP contribution in [0.15, 0.2) is 0 Å². The van der Waals surface area contributed by atoms with Crippen LogP contribution < -0.4 is 0 Å². The highest BCUT2D eigenvalue weighted by Gasteiger charge is 2.33. The zero-order chi connectivity index (χ0) is 11.5. The Labute approximate surface area is 91.9 Å². The summed E-state index contributed by atoms with van der Waals surface area (Å²) in [6, 6.07) is -0.0313. The van der Waals surface area contributed by atoms with E-state index in [1.807, 2.05) is 0 Å². The highest BCUT2D eigenvalue weighted by molar-refractivity contribution is 7.86. The molecule has 1 saturated heterocycles. The van der Waals surface area contributed by atoms with Crippen molar-refractivity contribution in [3.63, 3.8) is 0 Å². The molecule has 1 aliphatic heterocycles. The minimum absolute atomic E-state index is 0.0313. The molecule has 1 heterocycles. The van der Waals surface area contributed by atoms with Gasteiger partial charge < -0.3 is 5.11 Å². The van der Waals surface area contributed by atoms with Gasteiger partial charge in [-0.25, -0.2) is 0 Å². The van der Waals surface area contributed by atoms with E-state index in [0.29, 0.717) is 13.0 Å².